The number of halogens is 2. The topological polar surface area (TPSA) is 82.9 Å². The highest BCUT2D eigenvalue weighted by atomic mass is 35.5. The van der Waals surface area contributed by atoms with Crippen molar-refractivity contribution in [3.63, 3.8) is 0 Å². The zero-order valence-electron chi connectivity index (χ0n) is 14.7. The van der Waals surface area contributed by atoms with Crippen LogP contribution in [0.4, 0.5) is 5.69 Å². The van der Waals surface area contributed by atoms with Gasteiger partial charge in [-0.2, -0.15) is 5.10 Å². The number of benzene rings is 1. The average Bonchev–Trinajstić information content (AvgIpc) is 2.89. The first kappa shape index (κ1) is 20.7. The molecule has 1 atom stereocenters. The molecule has 2 rings (SSSR count). The van der Waals surface area contributed by atoms with Crippen LogP contribution >= 0.6 is 35.0 Å². The number of carbonyl (C=O) groups is 2. The van der Waals surface area contributed by atoms with Crippen molar-refractivity contribution in [2.75, 3.05) is 5.32 Å². The summed E-state index contributed by atoms with van der Waals surface area (Å²) in [5.41, 5.74) is 1.30. The van der Waals surface area contributed by atoms with Crippen molar-refractivity contribution < 1.29 is 9.59 Å². The number of anilines is 1. The van der Waals surface area contributed by atoms with Gasteiger partial charge in [0.1, 0.15) is 5.25 Å². The molecule has 2 N–H and O–H groups in total. The summed E-state index contributed by atoms with van der Waals surface area (Å²) in [4.78, 5) is 24.2. The fourth-order valence-corrected chi connectivity index (χ4v) is 3.58. The zero-order chi connectivity index (χ0) is 19.3. The van der Waals surface area contributed by atoms with E-state index < -0.39 is 5.25 Å². The number of nitrogens with zero attached hydrogens (tertiary/aromatic N) is 2. The number of amides is 2. The second-order valence-electron chi connectivity index (χ2n) is 6.29. The molecular weight excluding hydrogens is 395 g/mol. The molecule has 0 aliphatic carbocycles. The zero-order valence-corrected chi connectivity index (χ0v) is 17.0. The molecular formula is C17H20Cl2N4O2S. The highest BCUT2D eigenvalue weighted by molar-refractivity contribution is 8.15. The minimum atomic E-state index is -0.563. The predicted octanol–water partition coefficient (Wildman–Crippen LogP) is 4.33. The van der Waals surface area contributed by atoms with Gasteiger partial charge in [-0.15, -0.1) is 5.10 Å². The maximum atomic E-state index is 12.2. The molecule has 1 aliphatic rings. The fourth-order valence-electron chi connectivity index (χ4n) is 2.32. The van der Waals surface area contributed by atoms with E-state index in [1.807, 2.05) is 6.92 Å². The van der Waals surface area contributed by atoms with E-state index in [9.17, 15) is 9.59 Å². The van der Waals surface area contributed by atoms with Crippen LogP contribution in [-0.2, 0) is 9.59 Å². The van der Waals surface area contributed by atoms with Crippen LogP contribution in [0.25, 0.3) is 0 Å². The SMILES string of the molecule is CC(CC(C)C)=NN=C1NC(=O)[C@H](CC(=O)Nc2cccc(Cl)c2Cl)S1. The van der Waals surface area contributed by atoms with Gasteiger partial charge in [-0.25, -0.2) is 0 Å². The molecule has 0 saturated carbocycles. The summed E-state index contributed by atoms with van der Waals surface area (Å²) >= 11 is 13.2. The third-order valence-corrected chi connectivity index (χ3v) is 5.28. The Morgan fingerprint density at radius 2 is 2.12 bits per heavy atom. The third-order valence-electron chi connectivity index (χ3n) is 3.39. The number of rotatable bonds is 6. The highest BCUT2D eigenvalue weighted by Gasteiger charge is 2.32. The second kappa shape index (κ2) is 9.39. The van der Waals surface area contributed by atoms with Crippen molar-refractivity contribution in [1.82, 2.24) is 5.32 Å². The Balaban J connectivity index is 1.95. The minimum Gasteiger partial charge on any atom is -0.325 e. The van der Waals surface area contributed by atoms with Crippen molar-refractivity contribution in [2.45, 2.75) is 38.9 Å². The molecule has 0 bridgehead atoms. The summed E-state index contributed by atoms with van der Waals surface area (Å²) in [7, 11) is 0. The summed E-state index contributed by atoms with van der Waals surface area (Å²) in [6.45, 7) is 6.09. The normalized spacial score (nSPS) is 19.2. The van der Waals surface area contributed by atoms with Gasteiger partial charge in [0.25, 0.3) is 0 Å². The Kier molecular flexibility index (Phi) is 7.49. The van der Waals surface area contributed by atoms with E-state index in [1.54, 1.807) is 18.2 Å². The maximum Gasteiger partial charge on any atom is 0.240 e. The van der Waals surface area contributed by atoms with Crippen LogP contribution in [0, 0.1) is 5.92 Å². The molecule has 1 aliphatic heterocycles. The van der Waals surface area contributed by atoms with Crippen LogP contribution in [0.5, 0.6) is 0 Å². The molecule has 0 unspecified atom stereocenters. The van der Waals surface area contributed by atoms with E-state index >= 15 is 0 Å². The first-order valence-electron chi connectivity index (χ1n) is 8.08. The predicted molar refractivity (Wildman–Crippen MR) is 109 cm³/mol. The van der Waals surface area contributed by atoms with Crippen LogP contribution in [-0.4, -0.2) is 27.9 Å². The summed E-state index contributed by atoms with van der Waals surface area (Å²) < 4.78 is 0. The Bertz CT molecular complexity index is 765. The van der Waals surface area contributed by atoms with Crippen LogP contribution in [0.15, 0.2) is 28.4 Å². The molecule has 1 saturated heterocycles. The standard InChI is InChI=1S/C17H20Cl2N4O2S/c1-9(2)7-10(3)22-23-17-21-16(25)13(26-17)8-14(24)20-12-6-4-5-11(18)15(12)19/h4-6,9,13H,7-8H2,1-3H3,(H,20,24)(H,21,23,25)/t13-/m0/s1. The molecule has 0 aromatic heterocycles. The first-order valence-corrected chi connectivity index (χ1v) is 9.72. The molecule has 1 heterocycles. The van der Waals surface area contributed by atoms with Gasteiger partial charge in [-0.05, 0) is 31.4 Å². The molecule has 0 radical (unpaired) electrons. The Labute approximate surface area is 166 Å². The number of carbonyl (C=O) groups excluding carboxylic acids is 2. The van der Waals surface area contributed by atoms with Gasteiger partial charge in [0.15, 0.2) is 5.17 Å². The van der Waals surface area contributed by atoms with Crippen molar-refractivity contribution in [3.8, 4) is 0 Å². The van der Waals surface area contributed by atoms with E-state index in [-0.39, 0.29) is 23.3 Å². The largest absolute Gasteiger partial charge is 0.325 e. The Morgan fingerprint density at radius 3 is 2.81 bits per heavy atom. The molecule has 0 spiro atoms. The van der Waals surface area contributed by atoms with Crippen molar-refractivity contribution >= 4 is 63.3 Å². The van der Waals surface area contributed by atoms with Crippen LogP contribution < -0.4 is 10.6 Å². The van der Waals surface area contributed by atoms with E-state index in [0.717, 1.165) is 12.1 Å². The van der Waals surface area contributed by atoms with Gasteiger partial charge >= 0.3 is 0 Å². The van der Waals surface area contributed by atoms with Gasteiger partial charge in [0.05, 0.1) is 15.7 Å². The van der Waals surface area contributed by atoms with Crippen LogP contribution in [0.2, 0.25) is 10.0 Å². The lowest BCUT2D eigenvalue weighted by atomic mass is 10.1. The van der Waals surface area contributed by atoms with Crippen molar-refractivity contribution in [2.24, 2.45) is 16.1 Å². The van der Waals surface area contributed by atoms with E-state index in [0.29, 0.717) is 21.8 Å². The molecule has 26 heavy (non-hydrogen) atoms. The van der Waals surface area contributed by atoms with Gasteiger partial charge in [0.2, 0.25) is 11.8 Å². The average molecular weight is 415 g/mol. The van der Waals surface area contributed by atoms with Gasteiger partial charge in [-0.1, -0.05) is 54.9 Å². The molecule has 6 nitrogen and oxygen atoms in total. The van der Waals surface area contributed by atoms with Gasteiger partial charge < -0.3 is 10.6 Å². The smallest absolute Gasteiger partial charge is 0.240 e. The molecule has 1 aromatic carbocycles. The second-order valence-corrected chi connectivity index (χ2v) is 8.26. The van der Waals surface area contributed by atoms with E-state index in [4.69, 9.17) is 23.2 Å². The van der Waals surface area contributed by atoms with Gasteiger partial charge in [-0.3, -0.25) is 9.59 Å². The molecule has 2 amide bonds. The van der Waals surface area contributed by atoms with Gasteiger partial charge in [0, 0.05) is 12.1 Å². The van der Waals surface area contributed by atoms with Crippen LogP contribution in [0.3, 0.4) is 0 Å². The Morgan fingerprint density at radius 1 is 1.38 bits per heavy atom. The lowest BCUT2D eigenvalue weighted by molar-refractivity contribution is -0.122. The molecule has 1 aromatic rings. The van der Waals surface area contributed by atoms with E-state index in [1.165, 1.54) is 11.8 Å². The number of thioether (sulfide) groups is 1. The maximum absolute atomic E-state index is 12.2. The Hall–Kier alpha value is -1.57. The number of hydrogen-bond acceptors (Lipinski definition) is 5. The lowest BCUT2D eigenvalue weighted by Gasteiger charge is -2.09. The number of nitrogens with one attached hydrogen (secondary N) is 2. The quantitative estimate of drug-likeness (QED) is 0.536. The highest BCUT2D eigenvalue weighted by Crippen LogP contribution is 2.30. The summed E-state index contributed by atoms with van der Waals surface area (Å²) in [6.07, 6.45) is 0.828. The first-order chi connectivity index (χ1) is 12.3. The van der Waals surface area contributed by atoms with E-state index in [2.05, 4.69) is 34.7 Å². The summed E-state index contributed by atoms with van der Waals surface area (Å²) in [6, 6.07) is 4.96. The monoisotopic (exact) mass is 414 g/mol. The van der Waals surface area contributed by atoms with Crippen LogP contribution in [0.1, 0.15) is 33.6 Å². The minimum absolute atomic E-state index is 0.00689. The molecule has 9 heteroatoms. The molecule has 140 valence electrons. The fraction of sp³-hybridized carbons (Fsp3) is 0.412. The van der Waals surface area contributed by atoms with Crippen molar-refractivity contribution in [1.29, 1.82) is 0 Å². The van der Waals surface area contributed by atoms with Crippen molar-refractivity contribution in [3.05, 3.63) is 28.2 Å². The number of hydrogen-bond donors (Lipinski definition) is 2. The summed E-state index contributed by atoms with van der Waals surface area (Å²) in [5.74, 6) is -0.111. The summed E-state index contributed by atoms with van der Waals surface area (Å²) in [5, 5.41) is 13.9. The lowest BCUT2D eigenvalue weighted by Crippen LogP contribution is -2.28. The molecule has 1 fully saturated rings. The number of amidine groups is 1. The third kappa shape index (κ3) is 6.00.